The monoisotopic (exact) mass is 299 g/mol. The van der Waals surface area contributed by atoms with E-state index in [4.69, 9.17) is 9.47 Å². The Morgan fingerprint density at radius 2 is 1.81 bits per heavy atom. The Kier molecular flexibility index (Phi) is 8.69. The van der Waals surface area contributed by atoms with Crippen LogP contribution in [0.4, 0.5) is 0 Å². The van der Waals surface area contributed by atoms with Crippen molar-refractivity contribution in [3.8, 4) is 0 Å². The summed E-state index contributed by atoms with van der Waals surface area (Å²) in [6, 6.07) is 0. The van der Waals surface area contributed by atoms with Gasteiger partial charge >= 0.3 is 0 Å². The molecule has 0 radical (unpaired) electrons. The zero-order valence-corrected chi connectivity index (χ0v) is 14.2. The molecule has 1 fully saturated rings. The minimum atomic E-state index is -0.200. The van der Waals surface area contributed by atoms with Crippen LogP contribution in [0.1, 0.15) is 52.4 Å². The first-order valence-electron chi connectivity index (χ1n) is 8.18. The number of methoxy groups -OCH3 is 1. The van der Waals surface area contributed by atoms with E-state index in [1.54, 1.807) is 14.2 Å². The number of rotatable bonds is 7. The summed E-state index contributed by atoms with van der Waals surface area (Å²) in [6.45, 7) is 6.32. The molecular formula is C16H33N3O2. The summed E-state index contributed by atoms with van der Waals surface area (Å²) < 4.78 is 11.3. The van der Waals surface area contributed by atoms with Crippen molar-refractivity contribution in [3.05, 3.63) is 0 Å². The van der Waals surface area contributed by atoms with Crippen molar-refractivity contribution < 1.29 is 9.47 Å². The van der Waals surface area contributed by atoms with Gasteiger partial charge in [-0.3, -0.25) is 4.99 Å². The highest BCUT2D eigenvalue weighted by atomic mass is 16.5. The van der Waals surface area contributed by atoms with Crippen LogP contribution in [-0.2, 0) is 9.47 Å². The molecule has 0 heterocycles. The molecule has 21 heavy (non-hydrogen) atoms. The zero-order chi connectivity index (χ0) is 15.6. The molecule has 0 aliphatic heterocycles. The topological polar surface area (TPSA) is 54.9 Å². The van der Waals surface area contributed by atoms with Crippen molar-refractivity contribution in [2.24, 2.45) is 4.99 Å². The number of nitrogens with zero attached hydrogens (tertiary/aromatic N) is 1. The number of aliphatic imine (C=N–C) groups is 1. The van der Waals surface area contributed by atoms with E-state index in [2.05, 4.69) is 15.6 Å². The second kappa shape index (κ2) is 10.0. The van der Waals surface area contributed by atoms with Crippen LogP contribution in [0.15, 0.2) is 4.99 Å². The maximum absolute atomic E-state index is 5.95. The second-order valence-corrected chi connectivity index (χ2v) is 6.30. The van der Waals surface area contributed by atoms with Crippen LogP contribution in [0, 0.1) is 0 Å². The normalized spacial score (nSPS) is 18.4. The number of ether oxygens (including phenoxy) is 2. The molecule has 2 N–H and O–H groups in total. The van der Waals surface area contributed by atoms with Gasteiger partial charge in [0.25, 0.3) is 0 Å². The number of hydrogen-bond acceptors (Lipinski definition) is 3. The molecule has 5 nitrogen and oxygen atoms in total. The number of guanidine groups is 1. The molecule has 1 aliphatic rings. The average molecular weight is 299 g/mol. The fourth-order valence-electron chi connectivity index (χ4n) is 2.39. The Labute approximate surface area is 129 Å². The van der Waals surface area contributed by atoms with Crippen LogP contribution in [0.25, 0.3) is 0 Å². The summed E-state index contributed by atoms with van der Waals surface area (Å²) in [5.74, 6) is 0.796. The SMILES string of the molecule is CN=C(NCCOC1CCCCCC1)NCC(C)(C)OC. The molecule has 1 aliphatic carbocycles. The second-order valence-electron chi connectivity index (χ2n) is 6.30. The summed E-state index contributed by atoms with van der Waals surface area (Å²) >= 11 is 0. The standard InChI is InChI=1S/C16H33N3O2/c1-16(2,20-4)13-19-15(17-3)18-11-12-21-14-9-7-5-6-8-10-14/h14H,5-13H2,1-4H3,(H2,17,18,19). The third-order valence-electron chi connectivity index (χ3n) is 4.01. The van der Waals surface area contributed by atoms with Crippen LogP contribution in [0.2, 0.25) is 0 Å². The van der Waals surface area contributed by atoms with E-state index in [1.165, 1.54) is 38.5 Å². The van der Waals surface area contributed by atoms with Crippen molar-refractivity contribution in [1.29, 1.82) is 0 Å². The van der Waals surface area contributed by atoms with Crippen LogP contribution >= 0.6 is 0 Å². The van der Waals surface area contributed by atoms with Gasteiger partial charge in [-0.2, -0.15) is 0 Å². The molecule has 0 amide bonds. The van der Waals surface area contributed by atoms with Crippen molar-refractivity contribution in [3.63, 3.8) is 0 Å². The molecular weight excluding hydrogens is 266 g/mol. The highest BCUT2D eigenvalue weighted by Crippen LogP contribution is 2.19. The van der Waals surface area contributed by atoms with Gasteiger partial charge in [0.05, 0.1) is 18.3 Å². The molecule has 1 saturated carbocycles. The summed E-state index contributed by atoms with van der Waals surface area (Å²) in [7, 11) is 3.50. The van der Waals surface area contributed by atoms with E-state index >= 15 is 0 Å². The smallest absolute Gasteiger partial charge is 0.191 e. The first-order chi connectivity index (χ1) is 10.1. The molecule has 0 saturated heterocycles. The van der Waals surface area contributed by atoms with Gasteiger partial charge in [-0.15, -0.1) is 0 Å². The summed E-state index contributed by atoms with van der Waals surface area (Å²) in [6.07, 6.45) is 8.25. The van der Waals surface area contributed by atoms with Gasteiger partial charge in [0.1, 0.15) is 0 Å². The van der Waals surface area contributed by atoms with E-state index in [0.717, 1.165) is 19.1 Å². The minimum Gasteiger partial charge on any atom is -0.377 e. The van der Waals surface area contributed by atoms with E-state index in [0.29, 0.717) is 12.6 Å². The van der Waals surface area contributed by atoms with Gasteiger partial charge in [-0.1, -0.05) is 25.7 Å². The van der Waals surface area contributed by atoms with Gasteiger partial charge in [-0.05, 0) is 26.7 Å². The van der Waals surface area contributed by atoms with Crippen LogP contribution in [0.5, 0.6) is 0 Å². The fourth-order valence-corrected chi connectivity index (χ4v) is 2.39. The first kappa shape index (κ1) is 18.2. The van der Waals surface area contributed by atoms with Crippen molar-refractivity contribution in [2.45, 2.75) is 64.1 Å². The van der Waals surface area contributed by atoms with Crippen molar-refractivity contribution >= 4 is 5.96 Å². The number of hydrogen-bond donors (Lipinski definition) is 2. The summed E-state index contributed by atoms with van der Waals surface area (Å²) in [5.41, 5.74) is -0.200. The minimum absolute atomic E-state index is 0.200. The van der Waals surface area contributed by atoms with Crippen molar-refractivity contribution in [1.82, 2.24) is 10.6 Å². The van der Waals surface area contributed by atoms with E-state index in [-0.39, 0.29) is 5.60 Å². The summed E-state index contributed by atoms with van der Waals surface area (Å²) in [5, 5.41) is 6.55. The van der Waals surface area contributed by atoms with Gasteiger partial charge in [0.15, 0.2) is 5.96 Å². The largest absolute Gasteiger partial charge is 0.377 e. The summed E-state index contributed by atoms with van der Waals surface area (Å²) in [4.78, 5) is 4.21. The lowest BCUT2D eigenvalue weighted by Gasteiger charge is -2.24. The van der Waals surface area contributed by atoms with Crippen LogP contribution in [-0.4, -0.2) is 51.5 Å². The van der Waals surface area contributed by atoms with Crippen LogP contribution in [0.3, 0.4) is 0 Å². The maximum atomic E-state index is 5.95. The fraction of sp³-hybridized carbons (Fsp3) is 0.938. The lowest BCUT2D eigenvalue weighted by molar-refractivity contribution is 0.0267. The van der Waals surface area contributed by atoms with Crippen molar-refractivity contribution in [2.75, 3.05) is 33.9 Å². The molecule has 0 aromatic rings. The lowest BCUT2D eigenvalue weighted by Crippen LogP contribution is -2.46. The Bertz CT molecular complexity index is 298. The molecule has 0 bridgehead atoms. The number of nitrogens with one attached hydrogen (secondary N) is 2. The molecule has 0 aromatic carbocycles. The first-order valence-corrected chi connectivity index (χ1v) is 8.18. The Balaban J connectivity index is 2.14. The Morgan fingerprint density at radius 1 is 1.14 bits per heavy atom. The third-order valence-corrected chi connectivity index (χ3v) is 4.01. The molecule has 1 rings (SSSR count). The average Bonchev–Trinajstić information content (AvgIpc) is 2.75. The lowest BCUT2D eigenvalue weighted by atomic mass is 10.1. The van der Waals surface area contributed by atoms with Crippen LogP contribution < -0.4 is 10.6 Å². The molecule has 0 aromatic heterocycles. The molecule has 5 heteroatoms. The predicted molar refractivity (Wildman–Crippen MR) is 87.9 cm³/mol. The Morgan fingerprint density at radius 3 is 2.38 bits per heavy atom. The van der Waals surface area contributed by atoms with E-state index in [1.807, 2.05) is 13.8 Å². The zero-order valence-electron chi connectivity index (χ0n) is 14.2. The van der Waals surface area contributed by atoms with E-state index < -0.39 is 0 Å². The molecule has 0 spiro atoms. The molecule has 0 unspecified atom stereocenters. The molecule has 0 atom stereocenters. The highest BCUT2D eigenvalue weighted by molar-refractivity contribution is 5.79. The van der Waals surface area contributed by atoms with Gasteiger partial charge in [0.2, 0.25) is 0 Å². The van der Waals surface area contributed by atoms with Gasteiger partial charge in [0, 0.05) is 27.2 Å². The van der Waals surface area contributed by atoms with Gasteiger partial charge < -0.3 is 20.1 Å². The third kappa shape index (κ3) is 8.27. The highest BCUT2D eigenvalue weighted by Gasteiger charge is 2.16. The quantitative estimate of drug-likeness (QED) is 0.328. The maximum Gasteiger partial charge on any atom is 0.191 e. The molecule has 124 valence electrons. The van der Waals surface area contributed by atoms with Gasteiger partial charge in [-0.25, -0.2) is 0 Å². The Hall–Kier alpha value is -0.810. The predicted octanol–water partition coefficient (Wildman–Crippen LogP) is 2.32. The van der Waals surface area contributed by atoms with E-state index in [9.17, 15) is 0 Å².